The Labute approximate surface area is 250 Å². The molecule has 2 N–H and O–H groups in total. The third kappa shape index (κ3) is 5.08. The molecule has 0 aliphatic carbocycles. The molecule has 1 unspecified atom stereocenters. The lowest BCUT2D eigenvalue weighted by Gasteiger charge is -2.15. The number of carbonyl (C=O) groups excluding carboxylic acids is 1. The number of rotatable bonds is 8. The first kappa shape index (κ1) is 27.8. The van der Waals surface area contributed by atoms with Crippen molar-refractivity contribution < 1.29 is 23.8 Å². The van der Waals surface area contributed by atoms with Crippen molar-refractivity contribution in [2.24, 2.45) is 0 Å². The highest BCUT2D eigenvalue weighted by Gasteiger charge is 2.36. The zero-order valence-electron chi connectivity index (χ0n) is 22.3. The molecular formula is C32H24Cl2FN3O4. The van der Waals surface area contributed by atoms with Crippen LogP contribution in [0.4, 0.5) is 4.39 Å². The van der Waals surface area contributed by atoms with Crippen LogP contribution in [-0.4, -0.2) is 40.4 Å². The lowest BCUT2D eigenvalue weighted by atomic mass is 9.92. The largest absolute Gasteiger partial charge is 0.497 e. The van der Waals surface area contributed by atoms with Crippen molar-refractivity contribution >= 4 is 45.9 Å². The van der Waals surface area contributed by atoms with E-state index in [0.717, 1.165) is 27.5 Å². The maximum absolute atomic E-state index is 16.4. The minimum absolute atomic E-state index is 0.0441. The van der Waals surface area contributed by atoms with E-state index < -0.39 is 11.8 Å². The summed E-state index contributed by atoms with van der Waals surface area (Å²) in [5.41, 5.74) is 4.04. The first-order chi connectivity index (χ1) is 20.2. The van der Waals surface area contributed by atoms with Gasteiger partial charge in [0.05, 0.1) is 19.6 Å². The van der Waals surface area contributed by atoms with Gasteiger partial charge in [0.25, 0.3) is 5.91 Å². The molecule has 0 fully saturated rings. The topological polar surface area (TPSA) is 93.5 Å². The second-order valence-corrected chi connectivity index (χ2v) is 10.9. The standard InChI is InChI=1S/C32H24Cl2FN3O4/c1-42-23-7-9-24-19(15-23)6-8-25-26(12-17-2-4-18(5-3-17)32(41)36-11-10-27(39)40)38-31(28(24)25)29(35)30(37-38)20-13-21(33)16-22(34)14-20/h2-9,13-16,26H,10-12H2,1H3,(H,36,41)(H,39,40). The molecule has 1 amide bonds. The molecule has 7 nitrogen and oxygen atoms in total. The number of carboxylic acid groups (broad SMARTS) is 1. The number of aromatic nitrogens is 2. The molecule has 42 heavy (non-hydrogen) atoms. The van der Waals surface area contributed by atoms with Gasteiger partial charge in [-0.3, -0.25) is 14.3 Å². The Balaban J connectivity index is 1.41. The smallest absolute Gasteiger partial charge is 0.305 e. The predicted octanol–water partition coefficient (Wildman–Crippen LogP) is 7.17. The van der Waals surface area contributed by atoms with Crippen LogP contribution in [0.25, 0.3) is 33.3 Å². The fourth-order valence-electron chi connectivity index (χ4n) is 5.46. The molecule has 4 aromatic carbocycles. The molecule has 0 saturated heterocycles. The molecular weight excluding hydrogens is 580 g/mol. The fraction of sp³-hybridized carbons (Fsp3) is 0.156. The zero-order chi connectivity index (χ0) is 29.5. The van der Waals surface area contributed by atoms with Crippen LogP contribution in [0.5, 0.6) is 5.75 Å². The monoisotopic (exact) mass is 603 g/mol. The summed E-state index contributed by atoms with van der Waals surface area (Å²) in [4.78, 5) is 23.2. The van der Waals surface area contributed by atoms with E-state index in [9.17, 15) is 9.59 Å². The Morgan fingerprint density at radius 3 is 2.45 bits per heavy atom. The van der Waals surface area contributed by atoms with Gasteiger partial charge in [-0.05, 0) is 70.8 Å². The maximum Gasteiger partial charge on any atom is 0.305 e. The van der Waals surface area contributed by atoms with E-state index >= 15 is 4.39 Å². The van der Waals surface area contributed by atoms with Gasteiger partial charge in [-0.25, -0.2) is 4.39 Å². The van der Waals surface area contributed by atoms with Gasteiger partial charge in [0.2, 0.25) is 0 Å². The lowest BCUT2D eigenvalue weighted by molar-refractivity contribution is -0.136. The number of benzene rings is 4. The highest BCUT2D eigenvalue weighted by atomic mass is 35.5. The molecule has 0 spiro atoms. The third-order valence-electron chi connectivity index (χ3n) is 7.41. The molecule has 0 radical (unpaired) electrons. The van der Waals surface area contributed by atoms with Crippen molar-refractivity contribution in [3.05, 3.63) is 105 Å². The van der Waals surface area contributed by atoms with Gasteiger partial charge >= 0.3 is 5.97 Å². The summed E-state index contributed by atoms with van der Waals surface area (Å²) in [6.45, 7) is 0.0441. The number of halogens is 3. The predicted molar refractivity (Wildman–Crippen MR) is 160 cm³/mol. The summed E-state index contributed by atoms with van der Waals surface area (Å²) in [7, 11) is 1.60. The number of methoxy groups -OCH3 is 1. The van der Waals surface area contributed by atoms with Gasteiger partial charge < -0.3 is 15.2 Å². The number of ether oxygens (including phenoxy) is 1. The summed E-state index contributed by atoms with van der Waals surface area (Å²) in [5, 5.41) is 18.7. The molecule has 6 rings (SSSR count). The van der Waals surface area contributed by atoms with Gasteiger partial charge in [-0.1, -0.05) is 53.5 Å². The van der Waals surface area contributed by atoms with Crippen molar-refractivity contribution in [3.63, 3.8) is 0 Å². The number of aliphatic carboxylic acids is 1. The van der Waals surface area contributed by atoms with Crippen LogP contribution < -0.4 is 10.1 Å². The maximum atomic E-state index is 16.4. The molecule has 1 aromatic heterocycles. The number of carboxylic acids is 1. The molecule has 0 saturated carbocycles. The van der Waals surface area contributed by atoms with E-state index in [1.54, 1.807) is 42.1 Å². The second kappa shape index (κ2) is 11.1. The van der Waals surface area contributed by atoms with E-state index in [-0.39, 0.29) is 30.6 Å². The van der Waals surface area contributed by atoms with Gasteiger partial charge in [-0.2, -0.15) is 5.10 Å². The van der Waals surface area contributed by atoms with E-state index in [0.29, 0.717) is 39.0 Å². The Bertz CT molecular complexity index is 1850. The van der Waals surface area contributed by atoms with Crippen LogP contribution in [0.2, 0.25) is 10.0 Å². The summed E-state index contributed by atoms with van der Waals surface area (Å²) < 4.78 is 23.5. The number of fused-ring (bicyclic) bond motifs is 5. The highest BCUT2D eigenvalue weighted by molar-refractivity contribution is 6.35. The van der Waals surface area contributed by atoms with E-state index in [2.05, 4.69) is 5.32 Å². The van der Waals surface area contributed by atoms with Gasteiger partial charge in [-0.15, -0.1) is 0 Å². The highest BCUT2D eigenvalue weighted by Crippen LogP contribution is 2.48. The van der Waals surface area contributed by atoms with Crippen LogP contribution in [0.1, 0.15) is 33.9 Å². The molecule has 212 valence electrons. The van der Waals surface area contributed by atoms with Crippen molar-refractivity contribution in [2.75, 3.05) is 13.7 Å². The van der Waals surface area contributed by atoms with E-state index in [1.807, 2.05) is 42.5 Å². The normalized spacial score (nSPS) is 13.6. The molecule has 10 heteroatoms. The van der Waals surface area contributed by atoms with Crippen molar-refractivity contribution in [2.45, 2.75) is 18.9 Å². The van der Waals surface area contributed by atoms with E-state index in [4.69, 9.17) is 38.1 Å². The van der Waals surface area contributed by atoms with Gasteiger partial charge in [0.15, 0.2) is 5.82 Å². The Kier molecular flexibility index (Phi) is 7.35. The summed E-state index contributed by atoms with van der Waals surface area (Å²) in [6, 6.07) is 21.3. The average Bonchev–Trinajstić information content (AvgIpc) is 3.46. The minimum atomic E-state index is -0.981. The van der Waals surface area contributed by atoms with Crippen molar-refractivity contribution in [3.8, 4) is 28.3 Å². The molecule has 0 bridgehead atoms. The molecule has 5 aromatic rings. The third-order valence-corrected chi connectivity index (χ3v) is 7.84. The number of carbonyl (C=O) groups is 2. The van der Waals surface area contributed by atoms with Crippen LogP contribution in [0.3, 0.4) is 0 Å². The molecule has 1 aliphatic rings. The van der Waals surface area contributed by atoms with Gasteiger partial charge in [0.1, 0.15) is 17.1 Å². The van der Waals surface area contributed by atoms with Crippen LogP contribution in [-0.2, 0) is 11.2 Å². The van der Waals surface area contributed by atoms with Crippen LogP contribution >= 0.6 is 23.2 Å². The first-order valence-corrected chi connectivity index (χ1v) is 13.9. The molecule has 1 atom stereocenters. The lowest BCUT2D eigenvalue weighted by Crippen LogP contribution is -2.25. The number of amides is 1. The SMILES string of the molecule is COc1ccc2c3c(ccc2c1)C(Cc1ccc(C(=O)NCCC(=O)O)cc1)n1nc(-c2cc(Cl)cc(Cl)c2)c(F)c1-3. The summed E-state index contributed by atoms with van der Waals surface area (Å²) in [6.07, 6.45) is 0.331. The minimum Gasteiger partial charge on any atom is -0.497 e. The Hall–Kier alpha value is -4.40. The number of nitrogens with zero attached hydrogens (tertiary/aromatic N) is 2. The van der Waals surface area contributed by atoms with Crippen LogP contribution in [0.15, 0.2) is 72.8 Å². The molecule has 2 heterocycles. The van der Waals surface area contributed by atoms with Gasteiger partial charge in [0, 0.05) is 33.3 Å². The zero-order valence-corrected chi connectivity index (χ0v) is 23.8. The van der Waals surface area contributed by atoms with Crippen molar-refractivity contribution in [1.29, 1.82) is 0 Å². The number of hydrogen-bond acceptors (Lipinski definition) is 4. The van der Waals surface area contributed by atoms with Crippen molar-refractivity contribution in [1.82, 2.24) is 15.1 Å². The first-order valence-electron chi connectivity index (χ1n) is 13.2. The summed E-state index contributed by atoms with van der Waals surface area (Å²) in [5.74, 6) is -1.09. The quantitative estimate of drug-likeness (QED) is 0.196. The summed E-state index contributed by atoms with van der Waals surface area (Å²) >= 11 is 12.5. The second-order valence-electron chi connectivity index (χ2n) is 10.0. The molecule has 1 aliphatic heterocycles. The Morgan fingerprint density at radius 2 is 1.76 bits per heavy atom. The Morgan fingerprint density at radius 1 is 1.02 bits per heavy atom. The fourth-order valence-corrected chi connectivity index (χ4v) is 5.99. The van der Waals surface area contributed by atoms with Crippen LogP contribution in [0, 0.1) is 5.82 Å². The van der Waals surface area contributed by atoms with E-state index in [1.165, 1.54) is 0 Å². The number of nitrogens with one attached hydrogen (secondary N) is 1. The number of hydrogen-bond donors (Lipinski definition) is 2. The average molecular weight is 604 g/mol.